The maximum absolute atomic E-state index is 15.1. The van der Waals surface area contributed by atoms with Crippen LogP contribution >= 0.6 is 0 Å². The lowest BCUT2D eigenvalue weighted by atomic mass is 9.78. The van der Waals surface area contributed by atoms with Gasteiger partial charge >= 0.3 is 0 Å². The van der Waals surface area contributed by atoms with Gasteiger partial charge in [0.15, 0.2) is 11.6 Å². The van der Waals surface area contributed by atoms with Gasteiger partial charge in [0.25, 0.3) is 0 Å². The Kier molecular flexibility index (Phi) is 10.3. The molecule has 1 aliphatic rings. The lowest BCUT2D eigenvalue weighted by Crippen LogP contribution is -2.12. The molecule has 0 atom stereocenters. The fourth-order valence-corrected chi connectivity index (χ4v) is 5.87. The predicted octanol–water partition coefficient (Wildman–Crippen LogP) is 11.2. The Morgan fingerprint density at radius 2 is 1.34 bits per heavy atom. The molecule has 0 saturated heterocycles. The number of aryl methyl sites for hydroxylation is 1. The molecule has 1 fully saturated rings. The molecule has 0 bridgehead atoms. The van der Waals surface area contributed by atoms with E-state index in [2.05, 4.69) is 26.0 Å². The summed E-state index contributed by atoms with van der Waals surface area (Å²) in [7, 11) is 0. The smallest absolute Gasteiger partial charge is 0.166 e. The van der Waals surface area contributed by atoms with E-state index in [0.29, 0.717) is 34.9 Å². The van der Waals surface area contributed by atoms with Crippen LogP contribution in [0.25, 0.3) is 22.3 Å². The number of unbranched alkanes of at least 4 members (excludes halogenated alkanes) is 5. The Bertz CT molecular complexity index is 1200. The van der Waals surface area contributed by atoms with Gasteiger partial charge in [-0.2, -0.15) is 0 Å². The zero-order chi connectivity index (χ0) is 26.9. The fourth-order valence-electron chi connectivity index (χ4n) is 5.87. The maximum Gasteiger partial charge on any atom is 0.166 e. The number of benzene rings is 3. The van der Waals surface area contributed by atoms with Crippen molar-refractivity contribution in [3.05, 3.63) is 95.3 Å². The molecular formula is C35H41F3. The minimum atomic E-state index is -0.805. The van der Waals surface area contributed by atoms with Crippen LogP contribution in [0, 0.1) is 23.4 Å². The highest BCUT2D eigenvalue weighted by Gasteiger charge is 2.22. The predicted molar refractivity (Wildman–Crippen MR) is 154 cm³/mol. The average molecular weight is 519 g/mol. The number of halogens is 3. The molecule has 4 rings (SSSR count). The van der Waals surface area contributed by atoms with Crippen molar-refractivity contribution in [2.75, 3.05) is 0 Å². The first-order valence-corrected chi connectivity index (χ1v) is 14.5. The quantitative estimate of drug-likeness (QED) is 0.175. The molecule has 3 heteroatoms. The number of rotatable bonds is 11. The Morgan fingerprint density at radius 3 is 2.00 bits per heavy atom. The van der Waals surface area contributed by atoms with Crippen molar-refractivity contribution >= 4 is 0 Å². The summed E-state index contributed by atoms with van der Waals surface area (Å²) in [6.45, 7) is 4.25. The van der Waals surface area contributed by atoms with Gasteiger partial charge in [0.2, 0.25) is 0 Å². The van der Waals surface area contributed by atoms with E-state index < -0.39 is 11.6 Å². The summed E-state index contributed by atoms with van der Waals surface area (Å²) >= 11 is 0. The van der Waals surface area contributed by atoms with E-state index in [1.807, 2.05) is 12.1 Å². The second-order valence-corrected chi connectivity index (χ2v) is 10.9. The van der Waals surface area contributed by atoms with Gasteiger partial charge in [-0.25, -0.2) is 13.2 Å². The van der Waals surface area contributed by atoms with E-state index in [9.17, 15) is 8.78 Å². The van der Waals surface area contributed by atoms with Crippen molar-refractivity contribution < 1.29 is 13.2 Å². The summed E-state index contributed by atoms with van der Waals surface area (Å²) in [5, 5.41) is 0. The number of allylic oxidation sites excluding steroid dienone is 2. The molecule has 0 unspecified atom stereocenters. The van der Waals surface area contributed by atoms with Gasteiger partial charge < -0.3 is 0 Å². The molecule has 0 nitrogen and oxygen atoms in total. The highest BCUT2D eigenvalue weighted by Crippen LogP contribution is 2.38. The molecule has 3 aromatic rings. The summed E-state index contributed by atoms with van der Waals surface area (Å²) in [6, 6.07) is 16.0. The van der Waals surface area contributed by atoms with Crippen LogP contribution in [-0.4, -0.2) is 0 Å². The van der Waals surface area contributed by atoms with Gasteiger partial charge in [-0.05, 0) is 85.6 Å². The van der Waals surface area contributed by atoms with Crippen LogP contribution in [0.1, 0.15) is 95.1 Å². The lowest BCUT2D eigenvalue weighted by molar-refractivity contribution is 0.375. The first-order valence-electron chi connectivity index (χ1n) is 14.5. The second-order valence-electron chi connectivity index (χ2n) is 10.9. The Labute approximate surface area is 227 Å². The van der Waals surface area contributed by atoms with Crippen LogP contribution < -0.4 is 0 Å². The minimum Gasteiger partial charge on any atom is -0.206 e. The van der Waals surface area contributed by atoms with Crippen LogP contribution in [-0.2, 0) is 6.42 Å². The highest BCUT2D eigenvalue weighted by molar-refractivity contribution is 5.71. The van der Waals surface area contributed by atoms with Crippen molar-refractivity contribution in [3.63, 3.8) is 0 Å². The maximum atomic E-state index is 15.1. The topological polar surface area (TPSA) is 0 Å². The molecule has 0 radical (unpaired) electrons. The van der Waals surface area contributed by atoms with Crippen molar-refractivity contribution in [2.45, 2.75) is 90.4 Å². The van der Waals surface area contributed by atoms with E-state index in [1.165, 1.54) is 19.3 Å². The summed E-state index contributed by atoms with van der Waals surface area (Å²) < 4.78 is 44.9. The summed E-state index contributed by atoms with van der Waals surface area (Å²) in [4.78, 5) is 0. The van der Waals surface area contributed by atoms with Crippen molar-refractivity contribution in [2.24, 2.45) is 5.92 Å². The van der Waals surface area contributed by atoms with Crippen LogP contribution in [0.5, 0.6) is 0 Å². The molecule has 0 heterocycles. The number of hydrogen-bond acceptors (Lipinski definition) is 0. The van der Waals surface area contributed by atoms with Gasteiger partial charge in [0.05, 0.1) is 0 Å². The Hall–Kier alpha value is -2.81. The Morgan fingerprint density at radius 1 is 0.711 bits per heavy atom. The molecule has 0 N–H and O–H groups in total. The van der Waals surface area contributed by atoms with Crippen molar-refractivity contribution in [1.82, 2.24) is 0 Å². The second kappa shape index (κ2) is 13.8. The standard InChI is InChI=1S/C35H41F3/c1-3-5-6-7-8-9-11-29-20-23-32(35(38)34(29)37)28-18-16-27(17-19-28)31-22-21-30(24-33(31)36)26-14-12-25(10-4-2)13-15-26/h4,10,16-26H,3,5-9,11-15H2,1-2H3/b10-4+. The van der Waals surface area contributed by atoms with Crippen molar-refractivity contribution in [3.8, 4) is 22.3 Å². The Balaban J connectivity index is 1.41. The third-order valence-corrected chi connectivity index (χ3v) is 8.17. The van der Waals surface area contributed by atoms with E-state index in [-0.39, 0.29) is 11.4 Å². The third-order valence-electron chi connectivity index (χ3n) is 8.17. The molecule has 0 spiro atoms. The molecular weight excluding hydrogens is 477 g/mol. The first kappa shape index (κ1) is 28.2. The lowest BCUT2D eigenvalue weighted by Gasteiger charge is -2.27. The van der Waals surface area contributed by atoms with Crippen LogP contribution in [0.4, 0.5) is 13.2 Å². The molecule has 0 amide bonds. The molecule has 0 aliphatic heterocycles. The monoisotopic (exact) mass is 518 g/mol. The van der Waals surface area contributed by atoms with Crippen molar-refractivity contribution in [1.29, 1.82) is 0 Å². The fraction of sp³-hybridized carbons (Fsp3) is 0.429. The minimum absolute atomic E-state index is 0.234. The third kappa shape index (κ3) is 6.98. The summed E-state index contributed by atoms with van der Waals surface area (Å²) in [6.07, 6.45) is 16.1. The summed E-state index contributed by atoms with van der Waals surface area (Å²) in [5.74, 6) is -0.734. The summed E-state index contributed by atoms with van der Waals surface area (Å²) in [5.41, 5.74) is 3.60. The van der Waals surface area contributed by atoms with Gasteiger partial charge in [0, 0.05) is 11.1 Å². The molecule has 38 heavy (non-hydrogen) atoms. The molecule has 1 aliphatic carbocycles. The zero-order valence-corrected chi connectivity index (χ0v) is 22.9. The van der Waals surface area contributed by atoms with Gasteiger partial charge in [0.1, 0.15) is 5.82 Å². The molecule has 202 valence electrons. The van der Waals surface area contributed by atoms with Gasteiger partial charge in [-0.15, -0.1) is 0 Å². The molecule has 3 aromatic carbocycles. The first-order chi connectivity index (χ1) is 18.5. The average Bonchev–Trinajstić information content (AvgIpc) is 2.94. The molecule has 0 aromatic heterocycles. The van der Waals surface area contributed by atoms with E-state index in [1.54, 1.807) is 42.5 Å². The van der Waals surface area contributed by atoms with E-state index in [0.717, 1.165) is 56.1 Å². The van der Waals surface area contributed by atoms with Gasteiger partial charge in [-0.3, -0.25) is 0 Å². The highest BCUT2D eigenvalue weighted by atomic mass is 19.2. The van der Waals surface area contributed by atoms with E-state index >= 15 is 4.39 Å². The van der Waals surface area contributed by atoms with Gasteiger partial charge in [-0.1, -0.05) is 99.7 Å². The zero-order valence-electron chi connectivity index (χ0n) is 22.9. The number of hydrogen-bond donors (Lipinski definition) is 0. The van der Waals surface area contributed by atoms with E-state index in [4.69, 9.17) is 0 Å². The largest absolute Gasteiger partial charge is 0.206 e. The SMILES string of the molecule is C/C=C/C1CCC(c2ccc(-c3ccc(-c4ccc(CCCCCCCC)c(F)c4F)cc3)c(F)c2)CC1. The van der Waals surface area contributed by atoms with Crippen LogP contribution in [0.3, 0.4) is 0 Å². The van der Waals surface area contributed by atoms with Crippen LogP contribution in [0.2, 0.25) is 0 Å². The molecule has 1 saturated carbocycles. The normalized spacial score (nSPS) is 17.8. The van der Waals surface area contributed by atoms with Crippen LogP contribution in [0.15, 0.2) is 66.7 Å².